The number of nitro groups is 1. The number of carbonyl (C=O) groups excluding carboxylic acids is 1. The maximum atomic E-state index is 12.2. The highest BCUT2D eigenvalue weighted by Gasteiger charge is 2.19. The number of esters is 1. The van der Waals surface area contributed by atoms with E-state index in [4.69, 9.17) is 4.74 Å². The Balaban J connectivity index is 2.04. The normalized spacial score (nSPS) is 11.2. The molecule has 0 amide bonds. The quantitative estimate of drug-likeness (QED) is 0.308. The standard InChI is InChI=1S/C19H14N2O5S/c1-26-19(23)14(9-12-7-8-17(22)16(10-12)21(24)25)18-20-15(11-27-18)13-5-3-2-4-6-13/h2-11,22H,1H3/b14-9-. The van der Waals surface area contributed by atoms with Crippen LogP contribution in [-0.2, 0) is 9.53 Å². The number of hydrogen-bond donors (Lipinski definition) is 1. The molecule has 0 aliphatic heterocycles. The van der Waals surface area contributed by atoms with Crippen molar-refractivity contribution in [3.8, 4) is 17.0 Å². The molecule has 0 bridgehead atoms. The summed E-state index contributed by atoms with van der Waals surface area (Å²) in [7, 11) is 1.25. The number of phenols is 1. The van der Waals surface area contributed by atoms with Gasteiger partial charge in [-0.3, -0.25) is 10.1 Å². The predicted octanol–water partition coefficient (Wildman–Crippen LogP) is 4.14. The van der Waals surface area contributed by atoms with Gasteiger partial charge in [0.15, 0.2) is 5.75 Å². The summed E-state index contributed by atoms with van der Waals surface area (Å²) in [6.45, 7) is 0. The summed E-state index contributed by atoms with van der Waals surface area (Å²) < 4.78 is 4.83. The van der Waals surface area contributed by atoms with Crippen molar-refractivity contribution in [1.29, 1.82) is 0 Å². The molecule has 1 aromatic heterocycles. The lowest BCUT2D eigenvalue weighted by Crippen LogP contribution is -2.03. The van der Waals surface area contributed by atoms with Crippen LogP contribution in [0, 0.1) is 10.1 Å². The molecular weight excluding hydrogens is 368 g/mol. The van der Waals surface area contributed by atoms with Crippen molar-refractivity contribution >= 4 is 34.6 Å². The van der Waals surface area contributed by atoms with Gasteiger partial charge in [-0.15, -0.1) is 11.3 Å². The van der Waals surface area contributed by atoms with E-state index in [-0.39, 0.29) is 5.57 Å². The number of methoxy groups -OCH3 is 1. The fourth-order valence-electron chi connectivity index (χ4n) is 2.40. The monoisotopic (exact) mass is 382 g/mol. The van der Waals surface area contributed by atoms with E-state index >= 15 is 0 Å². The maximum absolute atomic E-state index is 12.2. The number of nitrogens with zero attached hydrogens (tertiary/aromatic N) is 2. The van der Waals surface area contributed by atoms with Crippen LogP contribution in [0.25, 0.3) is 22.9 Å². The molecule has 0 spiro atoms. The zero-order chi connectivity index (χ0) is 19.4. The number of ether oxygens (including phenoxy) is 1. The zero-order valence-corrected chi connectivity index (χ0v) is 15.0. The number of benzene rings is 2. The Bertz CT molecular complexity index is 1030. The Morgan fingerprint density at radius 3 is 2.67 bits per heavy atom. The second-order valence-electron chi connectivity index (χ2n) is 5.46. The van der Waals surface area contributed by atoms with Crippen LogP contribution >= 0.6 is 11.3 Å². The lowest BCUT2D eigenvalue weighted by molar-refractivity contribution is -0.385. The van der Waals surface area contributed by atoms with E-state index in [9.17, 15) is 20.0 Å². The number of aromatic hydroxyl groups is 1. The molecule has 0 fully saturated rings. The maximum Gasteiger partial charge on any atom is 0.340 e. The van der Waals surface area contributed by atoms with Crippen LogP contribution in [0.2, 0.25) is 0 Å². The van der Waals surface area contributed by atoms with Gasteiger partial charge in [0.1, 0.15) is 5.01 Å². The van der Waals surface area contributed by atoms with Gasteiger partial charge in [0.25, 0.3) is 0 Å². The minimum Gasteiger partial charge on any atom is -0.502 e. The largest absolute Gasteiger partial charge is 0.502 e. The highest BCUT2D eigenvalue weighted by Crippen LogP contribution is 2.31. The molecule has 0 unspecified atom stereocenters. The molecule has 0 saturated heterocycles. The summed E-state index contributed by atoms with van der Waals surface area (Å²) in [6, 6.07) is 13.3. The van der Waals surface area contributed by atoms with Crippen LogP contribution in [0.1, 0.15) is 10.6 Å². The number of rotatable bonds is 5. The second-order valence-corrected chi connectivity index (χ2v) is 6.32. The van der Waals surface area contributed by atoms with Gasteiger partial charge in [0.05, 0.1) is 23.3 Å². The minimum atomic E-state index is -0.693. The number of nitro benzene ring substituents is 1. The summed E-state index contributed by atoms with van der Waals surface area (Å²) >= 11 is 1.27. The third kappa shape index (κ3) is 4.01. The Labute approximate surface area is 158 Å². The van der Waals surface area contributed by atoms with Gasteiger partial charge in [-0.1, -0.05) is 36.4 Å². The topological polar surface area (TPSA) is 103 Å². The van der Waals surface area contributed by atoms with Crippen LogP contribution < -0.4 is 0 Å². The first-order chi connectivity index (χ1) is 13.0. The lowest BCUT2D eigenvalue weighted by atomic mass is 10.1. The minimum absolute atomic E-state index is 0.171. The van der Waals surface area contributed by atoms with Crippen molar-refractivity contribution in [2.45, 2.75) is 0 Å². The van der Waals surface area contributed by atoms with Crippen molar-refractivity contribution in [2.24, 2.45) is 0 Å². The summed E-state index contributed by atoms with van der Waals surface area (Å²) in [5.41, 5.74) is 1.71. The van der Waals surface area contributed by atoms with Crippen molar-refractivity contribution in [2.75, 3.05) is 7.11 Å². The van der Waals surface area contributed by atoms with Crippen molar-refractivity contribution in [3.05, 3.63) is 74.6 Å². The van der Waals surface area contributed by atoms with Gasteiger partial charge in [-0.05, 0) is 17.7 Å². The predicted molar refractivity (Wildman–Crippen MR) is 102 cm³/mol. The van der Waals surface area contributed by atoms with Gasteiger partial charge in [-0.2, -0.15) is 0 Å². The van der Waals surface area contributed by atoms with Crippen LogP contribution in [0.3, 0.4) is 0 Å². The van der Waals surface area contributed by atoms with Crippen LogP contribution in [0.15, 0.2) is 53.9 Å². The molecule has 0 aliphatic rings. The molecule has 2 aromatic carbocycles. The number of hydrogen-bond acceptors (Lipinski definition) is 7. The Kier molecular flexibility index (Phi) is 5.28. The fraction of sp³-hybridized carbons (Fsp3) is 0.0526. The smallest absolute Gasteiger partial charge is 0.340 e. The van der Waals surface area contributed by atoms with Crippen LogP contribution in [0.4, 0.5) is 5.69 Å². The first kappa shape index (κ1) is 18.3. The van der Waals surface area contributed by atoms with Crippen LogP contribution in [0.5, 0.6) is 5.75 Å². The first-order valence-corrected chi connectivity index (χ1v) is 8.66. The molecule has 8 heteroatoms. The molecule has 136 valence electrons. The average molecular weight is 382 g/mol. The summed E-state index contributed by atoms with van der Waals surface area (Å²) in [4.78, 5) is 27.0. The lowest BCUT2D eigenvalue weighted by Gasteiger charge is -2.03. The van der Waals surface area contributed by atoms with E-state index in [0.29, 0.717) is 16.3 Å². The van der Waals surface area contributed by atoms with Gasteiger partial charge in [0, 0.05) is 17.0 Å². The van der Waals surface area contributed by atoms with Gasteiger partial charge >= 0.3 is 11.7 Å². The van der Waals surface area contributed by atoms with E-state index in [0.717, 1.165) is 5.56 Å². The summed E-state index contributed by atoms with van der Waals surface area (Å²) in [5.74, 6) is -1.06. The van der Waals surface area contributed by atoms with Gasteiger partial charge in [0.2, 0.25) is 0 Å². The molecule has 0 saturated carbocycles. The van der Waals surface area contributed by atoms with E-state index < -0.39 is 22.3 Å². The average Bonchev–Trinajstić information content (AvgIpc) is 3.17. The number of carbonyl (C=O) groups is 1. The molecular formula is C19H14N2O5S. The molecule has 1 N–H and O–H groups in total. The second kappa shape index (κ2) is 7.79. The van der Waals surface area contributed by atoms with Crippen molar-refractivity contribution in [1.82, 2.24) is 4.98 Å². The molecule has 0 atom stereocenters. The number of phenolic OH excluding ortho intramolecular Hbond substituents is 1. The third-order valence-corrected chi connectivity index (χ3v) is 4.59. The zero-order valence-electron chi connectivity index (χ0n) is 14.2. The number of aromatic nitrogens is 1. The van der Waals surface area contributed by atoms with Gasteiger partial charge < -0.3 is 9.84 Å². The Morgan fingerprint density at radius 2 is 2.00 bits per heavy atom. The van der Waals surface area contributed by atoms with Crippen molar-refractivity contribution in [3.63, 3.8) is 0 Å². The third-order valence-electron chi connectivity index (χ3n) is 3.72. The van der Waals surface area contributed by atoms with Crippen molar-refractivity contribution < 1.29 is 19.6 Å². The molecule has 27 heavy (non-hydrogen) atoms. The SMILES string of the molecule is COC(=O)/C(=C\c1ccc(O)c([N+](=O)[O-])c1)c1nc(-c2ccccc2)cs1. The van der Waals surface area contributed by atoms with Crippen LogP contribution in [-0.4, -0.2) is 28.1 Å². The highest BCUT2D eigenvalue weighted by atomic mass is 32.1. The van der Waals surface area contributed by atoms with E-state index in [2.05, 4.69) is 4.98 Å². The summed E-state index contributed by atoms with van der Waals surface area (Å²) in [6.07, 6.45) is 1.45. The molecule has 1 heterocycles. The molecule has 3 rings (SSSR count). The highest BCUT2D eigenvalue weighted by molar-refractivity contribution is 7.11. The van der Waals surface area contributed by atoms with E-state index in [1.54, 1.807) is 0 Å². The number of thiazole rings is 1. The fourth-order valence-corrected chi connectivity index (χ4v) is 3.23. The molecule has 0 aliphatic carbocycles. The van der Waals surface area contributed by atoms with E-state index in [1.807, 2.05) is 35.7 Å². The van der Waals surface area contributed by atoms with Gasteiger partial charge in [-0.25, -0.2) is 9.78 Å². The summed E-state index contributed by atoms with van der Waals surface area (Å²) in [5, 5.41) is 22.8. The molecule has 7 nitrogen and oxygen atoms in total. The molecule has 0 radical (unpaired) electrons. The Morgan fingerprint density at radius 1 is 1.26 bits per heavy atom. The van der Waals surface area contributed by atoms with E-state index in [1.165, 1.54) is 42.7 Å². The first-order valence-electron chi connectivity index (χ1n) is 7.78. The Hall–Kier alpha value is -3.52. The molecule has 3 aromatic rings.